The number of amides is 3. The topological polar surface area (TPSA) is 131 Å². The van der Waals surface area contributed by atoms with Crippen molar-refractivity contribution in [1.29, 1.82) is 0 Å². The third-order valence-electron chi connectivity index (χ3n) is 6.88. The number of nitrogens with one attached hydrogen (secondary N) is 3. The summed E-state index contributed by atoms with van der Waals surface area (Å²) >= 11 is 0. The number of aromatic nitrogens is 3. The number of anilines is 2. The van der Waals surface area contributed by atoms with E-state index in [1.54, 1.807) is 61.6 Å². The minimum Gasteiger partial charge on any atom is -0.497 e. The Morgan fingerprint density at radius 2 is 1.85 bits per heavy atom. The van der Waals surface area contributed by atoms with Gasteiger partial charge in [-0.25, -0.2) is 4.79 Å². The molecule has 3 heterocycles. The van der Waals surface area contributed by atoms with E-state index < -0.39 is 11.6 Å². The average Bonchev–Trinajstić information content (AvgIpc) is 3.41. The fourth-order valence-corrected chi connectivity index (χ4v) is 5.06. The van der Waals surface area contributed by atoms with Crippen molar-refractivity contribution in [2.24, 2.45) is 0 Å². The van der Waals surface area contributed by atoms with Crippen molar-refractivity contribution in [3.8, 4) is 28.6 Å². The summed E-state index contributed by atoms with van der Waals surface area (Å²) in [4.78, 5) is 32.3. The molecule has 0 saturated carbocycles. The summed E-state index contributed by atoms with van der Waals surface area (Å²) < 4.78 is 17.0. The van der Waals surface area contributed by atoms with Gasteiger partial charge in [-0.05, 0) is 43.3 Å². The largest absolute Gasteiger partial charge is 0.497 e. The predicted octanol–water partition coefficient (Wildman–Crippen LogP) is 4.51. The predicted molar refractivity (Wildman–Crippen MR) is 143 cm³/mol. The molecule has 198 valence electrons. The van der Waals surface area contributed by atoms with Gasteiger partial charge in [0.25, 0.3) is 5.91 Å². The third-order valence-corrected chi connectivity index (χ3v) is 6.88. The van der Waals surface area contributed by atoms with E-state index in [1.165, 1.54) is 0 Å². The van der Waals surface area contributed by atoms with Crippen molar-refractivity contribution < 1.29 is 23.8 Å². The minimum absolute atomic E-state index is 0.0972. The third kappa shape index (κ3) is 4.37. The maximum atomic E-state index is 13.2. The molecule has 11 nitrogen and oxygen atoms in total. The molecule has 4 aromatic rings. The molecule has 2 aliphatic heterocycles. The number of ether oxygens (including phenoxy) is 3. The maximum absolute atomic E-state index is 13.2. The van der Waals surface area contributed by atoms with E-state index >= 15 is 0 Å². The number of H-pyrrole nitrogens is 1. The molecule has 3 aromatic carbocycles. The standard InChI is InChI=1S/C28H26N6O5/c1-28-15-22(21-9-4-5-10-23(21)39-28)29-27(36)34(28)18-8-6-7-16(11-18)25(35)31-26-30-24(32-33-26)17-12-19(37-2)14-20(13-17)38-3/h4-14,22H,15H2,1-3H3,(H,29,36)(H2,30,31,32,33,35)/t22-,28-/m0/s1. The van der Waals surface area contributed by atoms with Gasteiger partial charge < -0.3 is 19.5 Å². The molecule has 11 heteroatoms. The van der Waals surface area contributed by atoms with Gasteiger partial charge in [0.05, 0.1) is 25.9 Å². The summed E-state index contributed by atoms with van der Waals surface area (Å²) in [5.41, 5.74) is 1.57. The molecule has 39 heavy (non-hydrogen) atoms. The van der Waals surface area contributed by atoms with Gasteiger partial charge >= 0.3 is 6.03 Å². The molecular formula is C28H26N6O5. The van der Waals surface area contributed by atoms with Crippen LogP contribution in [0.2, 0.25) is 0 Å². The number of benzene rings is 3. The van der Waals surface area contributed by atoms with Crippen molar-refractivity contribution in [3.05, 3.63) is 77.9 Å². The number of hydrogen-bond acceptors (Lipinski definition) is 7. The molecule has 1 fully saturated rings. The second kappa shape index (κ2) is 9.35. The average molecular weight is 527 g/mol. The summed E-state index contributed by atoms with van der Waals surface area (Å²) in [5, 5.41) is 12.7. The number of carbonyl (C=O) groups excluding carboxylic acids is 2. The Bertz CT molecular complexity index is 1560. The van der Waals surface area contributed by atoms with Gasteiger partial charge in [0.2, 0.25) is 5.95 Å². The SMILES string of the molecule is COc1cc(OC)cc(-c2nc(NC(=O)c3cccc(N4C(=O)N[C@H]5C[C@]4(C)Oc4ccccc45)c3)n[nH]2)c1. The highest BCUT2D eigenvalue weighted by atomic mass is 16.5. The quantitative estimate of drug-likeness (QED) is 0.337. The molecule has 2 aliphatic rings. The van der Waals surface area contributed by atoms with Crippen molar-refractivity contribution >= 4 is 23.6 Å². The Hall–Kier alpha value is -5.06. The number of hydrogen-bond donors (Lipinski definition) is 3. The Kier molecular flexibility index (Phi) is 5.82. The summed E-state index contributed by atoms with van der Waals surface area (Å²) in [6.45, 7) is 1.88. The molecule has 3 amide bonds. The lowest BCUT2D eigenvalue weighted by Gasteiger charge is -2.50. The summed E-state index contributed by atoms with van der Waals surface area (Å²) in [6.07, 6.45) is 0.557. The number of carbonyl (C=O) groups is 2. The van der Waals surface area contributed by atoms with Crippen LogP contribution in [-0.2, 0) is 0 Å². The molecule has 2 atom stereocenters. The van der Waals surface area contributed by atoms with Gasteiger partial charge in [0.15, 0.2) is 11.5 Å². The molecule has 0 unspecified atom stereocenters. The molecule has 0 aliphatic carbocycles. The first-order valence-corrected chi connectivity index (χ1v) is 12.3. The van der Waals surface area contributed by atoms with E-state index in [0.29, 0.717) is 40.6 Å². The lowest BCUT2D eigenvalue weighted by molar-refractivity contribution is 0.0378. The monoisotopic (exact) mass is 526 g/mol. The van der Waals surface area contributed by atoms with Crippen LogP contribution in [0.25, 0.3) is 11.4 Å². The van der Waals surface area contributed by atoms with E-state index in [2.05, 4.69) is 25.8 Å². The first-order chi connectivity index (χ1) is 18.9. The van der Waals surface area contributed by atoms with Gasteiger partial charge in [0.1, 0.15) is 17.2 Å². The van der Waals surface area contributed by atoms with Crippen LogP contribution >= 0.6 is 0 Å². The van der Waals surface area contributed by atoms with Crippen LogP contribution in [0.4, 0.5) is 16.4 Å². The first kappa shape index (κ1) is 24.3. The lowest BCUT2D eigenvalue weighted by atomic mass is 9.90. The summed E-state index contributed by atoms with van der Waals surface area (Å²) in [5.74, 6) is 2.01. The number of aromatic amines is 1. The normalized spacial score (nSPS) is 19.4. The summed E-state index contributed by atoms with van der Waals surface area (Å²) in [7, 11) is 3.12. The molecule has 1 aromatic heterocycles. The van der Waals surface area contributed by atoms with Crippen LogP contribution in [0.1, 0.15) is 35.3 Å². The molecule has 1 saturated heterocycles. The van der Waals surface area contributed by atoms with Gasteiger partial charge in [-0.3, -0.25) is 20.1 Å². The van der Waals surface area contributed by atoms with Gasteiger partial charge in [-0.2, -0.15) is 4.98 Å². The Labute approximate surface area is 224 Å². The van der Waals surface area contributed by atoms with Crippen molar-refractivity contribution in [1.82, 2.24) is 20.5 Å². The Morgan fingerprint density at radius 1 is 1.08 bits per heavy atom. The number of fused-ring (bicyclic) bond motifs is 4. The van der Waals surface area contributed by atoms with Gasteiger partial charge in [-0.15, -0.1) is 5.10 Å². The molecule has 0 spiro atoms. The van der Waals surface area contributed by atoms with Gasteiger partial charge in [0, 0.05) is 29.2 Å². The highest BCUT2D eigenvalue weighted by Gasteiger charge is 2.49. The molecular weight excluding hydrogens is 500 g/mol. The number of urea groups is 1. The zero-order chi connectivity index (χ0) is 27.1. The fraction of sp³-hybridized carbons (Fsp3) is 0.214. The van der Waals surface area contributed by atoms with Crippen LogP contribution in [0.15, 0.2) is 66.7 Å². The van der Waals surface area contributed by atoms with Crippen molar-refractivity contribution in [3.63, 3.8) is 0 Å². The zero-order valence-electron chi connectivity index (χ0n) is 21.5. The fourth-order valence-electron chi connectivity index (χ4n) is 5.06. The smallest absolute Gasteiger partial charge is 0.325 e. The molecule has 2 bridgehead atoms. The van der Waals surface area contributed by atoms with Crippen LogP contribution in [-0.4, -0.2) is 47.1 Å². The maximum Gasteiger partial charge on any atom is 0.325 e. The number of rotatable bonds is 6. The Morgan fingerprint density at radius 3 is 2.62 bits per heavy atom. The molecule has 0 radical (unpaired) electrons. The van der Waals surface area contributed by atoms with E-state index in [-0.39, 0.29) is 18.0 Å². The van der Waals surface area contributed by atoms with E-state index in [0.717, 1.165) is 11.3 Å². The van der Waals surface area contributed by atoms with Crippen molar-refractivity contribution in [2.75, 3.05) is 24.4 Å². The minimum atomic E-state index is -0.924. The molecule has 6 rings (SSSR count). The van der Waals surface area contributed by atoms with E-state index in [4.69, 9.17) is 14.2 Å². The van der Waals surface area contributed by atoms with Crippen LogP contribution in [0, 0.1) is 0 Å². The number of methoxy groups -OCH3 is 2. The van der Waals surface area contributed by atoms with Gasteiger partial charge in [-0.1, -0.05) is 24.3 Å². The first-order valence-electron chi connectivity index (χ1n) is 12.3. The van der Waals surface area contributed by atoms with Crippen LogP contribution in [0.5, 0.6) is 17.2 Å². The zero-order valence-corrected chi connectivity index (χ0v) is 21.5. The number of nitrogens with zero attached hydrogens (tertiary/aromatic N) is 3. The van der Waals surface area contributed by atoms with E-state index in [1.807, 2.05) is 31.2 Å². The van der Waals surface area contributed by atoms with Crippen LogP contribution < -0.4 is 29.7 Å². The second-order valence-corrected chi connectivity index (χ2v) is 9.47. The van der Waals surface area contributed by atoms with Crippen molar-refractivity contribution in [2.45, 2.75) is 25.1 Å². The van der Waals surface area contributed by atoms with E-state index in [9.17, 15) is 9.59 Å². The highest BCUT2D eigenvalue weighted by molar-refractivity contribution is 6.05. The number of para-hydroxylation sites is 1. The molecule has 3 N–H and O–H groups in total. The van der Waals surface area contributed by atoms with Crippen LogP contribution in [0.3, 0.4) is 0 Å². The lowest BCUT2D eigenvalue weighted by Crippen LogP contribution is -2.65. The highest BCUT2D eigenvalue weighted by Crippen LogP contribution is 2.45. The second-order valence-electron chi connectivity index (χ2n) is 9.47. The summed E-state index contributed by atoms with van der Waals surface area (Å²) in [6, 6.07) is 19.3. The Balaban J connectivity index is 1.23.